The van der Waals surface area contributed by atoms with Gasteiger partial charge in [-0.1, -0.05) is 11.6 Å². The molecule has 0 radical (unpaired) electrons. The maximum Gasteiger partial charge on any atom is 0.217 e. The van der Waals surface area contributed by atoms with E-state index in [-0.39, 0.29) is 6.04 Å². The molecule has 0 aliphatic heterocycles. The average molecular weight is 175 g/mol. The molecule has 1 aromatic heterocycles. The summed E-state index contributed by atoms with van der Waals surface area (Å²) < 4.78 is 12.8. The summed E-state index contributed by atoms with van der Waals surface area (Å²) >= 11 is 5.58. The van der Waals surface area contributed by atoms with Gasteiger partial charge in [0.25, 0.3) is 0 Å². The second kappa shape index (κ2) is 3.15. The third-order valence-corrected chi connectivity index (χ3v) is 1.53. The molecule has 0 bridgehead atoms. The number of hydrogen-bond donors (Lipinski definition) is 1. The van der Waals surface area contributed by atoms with E-state index in [9.17, 15) is 4.39 Å². The summed E-state index contributed by atoms with van der Waals surface area (Å²) in [6.07, 6.45) is 1.25. The minimum absolute atomic E-state index is 0.345. The van der Waals surface area contributed by atoms with Crippen molar-refractivity contribution < 1.29 is 4.39 Å². The molecule has 0 spiro atoms. The van der Waals surface area contributed by atoms with Crippen molar-refractivity contribution >= 4 is 11.6 Å². The molecule has 2 nitrogen and oxygen atoms in total. The number of pyridine rings is 1. The molecule has 0 aromatic carbocycles. The van der Waals surface area contributed by atoms with E-state index in [1.165, 1.54) is 12.3 Å². The highest BCUT2D eigenvalue weighted by Crippen LogP contribution is 2.16. The van der Waals surface area contributed by atoms with Crippen molar-refractivity contribution in [1.29, 1.82) is 0 Å². The summed E-state index contributed by atoms with van der Waals surface area (Å²) in [5.74, 6) is -0.551. The van der Waals surface area contributed by atoms with Crippen molar-refractivity contribution in [3.8, 4) is 0 Å². The Morgan fingerprint density at radius 2 is 2.36 bits per heavy atom. The maximum absolute atomic E-state index is 12.8. The molecule has 1 atom stereocenters. The SMILES string of the molecule is C[C@H](N)c1cc(Cl)cnc1F. The van der Waals surface area contributed by atoms with E-state index in [4.69, 9.17) is 17.3 Å². The highest BCUT2D eigenvalue weighted by molar-refractivity contribution is 6.30. The standard InChI is InChI=1S/C7H8ClFN2/c1-4(10)6-2-5(8)3-11-7(6)9/h2-4H,10H2,1H3/t4-/m0/s1. The first-order chi connectivity index (χ1) is 5.11. The van der Waals surface area contributed by atoms with E-state index in [2.05, 4.69) is 4.98 Å². The second-order valence-corrected chi connectivity index (χ2v) is 2.76. The molecule has 1 heterocycles. The van der Waals surface area contributed by atoms with Crippen LogP contribution in [-0.2, 0) is 0 Å². The summed E-state index contributed by atoms with van der Waals surface area (Å²) in [6.45, 7) is 1.68. The smallest absolute Gasteiger partial charge is 0.217 e. The molecule has 4 heteroatoms. The highest BCUT2D eigenvalue weighted by Gasteiger charge is 2.07. The molecule has 1 aromatic rings. The minimum atomic E-state index is -0.551. The van der Waals surface area contributed by atoms with Crippen LogP contribution >= 0.6 is 11.6 Å². The fourth-order valence-corrected chi connectivity index (χ4v) is 0.924. The average Bonchev–Trinajstić information content (AvgIpc) is 1.94. The van der Waals surface area contributed by atoms with E-state index in [0.29, 0.717) is 10.6 Å². The summed E-state index contributed by atoms with van der Waals surface area (Å²) in [6, 6.07) is 1.11. The Balaban J connectivity index is 3.13. The van der Waals surface area contributed by atoms with E-state index in [1.807, 2.05) is 0 Å². The normalized spacial score (nSPS) is 13.1. The molecule has 0 amide bonds. The van der Waals surface area contributed by atoms with E-state index in [0.717, 1.165) is 0 Å². The summed E-state index contributed by atoms with van der Waals surface area (Å²) in [4.78, 5) is 3.42. The van der Waals surface area contributed by atoms with E-state index in [1.54, 1.807) is 6.92 Å². The molecule has 0 aliphatic carbocycles. The fourth-order valence-electron chi connectivity index (χ4n) is 0.758. The Hall–Kier alpha value is -0.670. The lowest BCUT2D eigenvalue weighted by Gasteiger charge is -2.05. The molecule has 2 N–H and O–H groups in total. The van der Waals surface area contributed by atoms with Gasteiger partial charge in [-0.2, -0.15) is 4.39 Å². The van der Waals surface area contributed by atoms with Crippen LogP contribution in [0.25, 0.3) is 0 Å². The molecule has 0 saturated carbocycles. The zero-order valence-corrected chi connectivity index (χ0v) is 6.77. The first-order valence-corrected chi connectivity index (χ1v) is 3.55. The Bertz CT molecular complexity index is 263. The number of halogens is 2. The van der Waals surface area contributed by atoms with Crippen LogP contribution in [0.15, 0.2) is 12.3 Å². The number of rotatable bonds is 1. The number of nitrogens with two attached hydrogens (primary N) is 1. The topological polar surface area (TPSA) is 38.9 Å². The van der Waals surface area contributed by atoms with Gasteiger partial charge in [-0.05, 0) is 13.0 Å². The molecule has 11 heavy (non-hydrogen) atoms. The van der Waals surface area contributed by atoms with E-state index >= 15 is 0 Å². The predicted molar refractivity (Wildman–Crippen MR) is 41.8 cm³/mol. The summed E-state index contributed by atoms with van der Waals surface area (Å²) in [5, 5.41) is 0.402. The van der Waals surface area contributed by atoms with Crippen LogP contribution in [0.2, 0.25) is 5.02 Å². The summed E-state index contributed by atoms with van der Waals surface area (Å²) in [5.41, 5.74) is 5.79. The van der Waals surface area contributed by atoms with Crippen molar-refractivity contribution in [2.75, 3.05) is 0 Å². The maximum atomic E-state index is 12.8. The van der Waals surface area contributed by atoms with Crippen molar-refractivity contribution in [3.63, 3.8) is 0 Å². The van der Waals surface area contributed by atoms with Crippen LogP contribution in [-0.4, -0.2) is 4.98 Å². The minimum Gasteiger partial charge on any atom is -0.324 e. The van der Waals surface area contributed by atoms with Crippen molar-refractivity contribution in [2.24, 2.45) is 5.73 Å². The zero-order valence-electron chi connectivity index (χ0n) is 6.01. The van der Waals surface area contributed by atoms with Crippen LogP contribution in [0, 0.1) is 5.95 Å². The molecule has 0 unspecified atom stereocenters. The lowest BCUT2D eigenvalue weighted by Crippen LogP contribution is -2.08. The molecular formula is C7H8ClFN2. The Morgan fingerprint density at radius 3 is 2.82 bits per heavy atom. The Morgan fingerprint density at radius 1 is 1.73 bits per heavy atom. The zero-order chi connectivity index (χ0) is 8.43. The Kier molecular flexibility index (Phi) is 2.42. The van der Waals surface area contributed by atoms with Gasteiger partial charge < -0.3 is 5.73 Å². The highest BCUT2D eigenvalue weighted by atomic mass is 35.5. The van der Waals surface area contributed by atoms with Crippen LogP contribution < -0.4 is 5.73 Å². The Labute approximate surface area is 69.2 Å². The second-order valence-electron chi connectivity index (χ2n) is 2.32. The van der Waals surface area contributed by atoms with Crippen molar-refractivity contribution in [1.82, 2.24) is 4.98 Å². The lowest BCUT2D eigenvalue weighted by molar-refractivity contribution is 0.553. The van der Waals surface area contributed by atoms with Crippen LogP contribution in [0.1, 0.15) is 18.5 Å². The van der Waals surface area contributed by atoms with Gasteiger partial charge in [0.1, 0.15) is 0 Å². The van der Waals surface area contributed by atoms with Gasteiger partial charge >= 0.3 is 0 Å². The molecule has 1 rings (SSSR count). The summed E-state index contributed by atoms with van der Waals surface area (Å²) in [7, 11) is 0. The largest absolute Gasteiger partial charge is 0.324 e. The molecule has 0 saturated heterocycles. The molecule has 0 aliphatic rings. The third kappa shape index (κ3) is 1.88. The molecule has 0 fully saturated rings. The quantitative estimate of drug-likeness (QED) is 0.661. The number of aromatic nitrogens is 1. The molecule has 60 valence electrons. The van der Waals surface area contributed by atoms with Gasteiger partial charge in [0.15, 0.2) is 0 Å². The third-order valence-electron chi connectivity index (χ3n) is 1.32. The van der Waals surface area contributed by atoms with Gasteiger partial charge in [0.2, 0.25) is 5.95 Å². The van der Waals surface area contributed by atoms with Crippen LogP contribution in [0.4, 0.5) is 4.39 Å². The van der Waals surface area contributed by atoms with E-state index < -0.39 is 5.95 Å². The van der Waals surface area contributed by atoms with Gasteiger partial charge in [0, 0.05) is 17.8 Å². The predicted octanol–water partition coefficient (Wildman–Crippen LogP) is 1.89. The monoisotopic (exact) mass is 174 g/mol. The van der Waals surface area contributed by atoms with Crippen LogP contribution in [0.3, 0.4) is 0 Å². The first-order valence-electron chi connectivity index (χ1n) is 3.18. The van der Waals surface area contributed by atoms with Crippen molar-refractivity contribution in [2.45, 2.75) is 13.0 Å². The number of nitrogens with zero attached hydrogens (tertiary/aromatic N) is 1. The van der Waals surface area contributed by atoms with Crippen LogP contribution in [0.5, 0.6) is 0 Å². The van der Waals surface area contributed by atoms with Gasteiger partial charge in [-0.25, -0.2) is 4.98 Å². The number of hydrogen-bond acceptors (Lipinski definition) is 2. The molecular weight excluding hydrogens is 167 g/mol. The fraction of sp³-hybridized carbons (Fsp3) is 0.286. The first kappa shape index (κ1) is 8.43. The van der Waals surface area contributed by atoms with Gasteiger partial charge in [-0.3, -0.25) is 0 Å². The lowest BCUT2D eigenvalue weighted by atomic mass is 10.1. The van der Waals surface area contributed by atoms with Crippen molar-refractivity contribution in [3.05, 3.63) is 28.8 Å². The van der Waals surface area contributed by atoms with Gasteiger partial charge in [0.05, 0.1) is 5.02 Å². The van der Waals surface area contributed by atoms with Gasteiger partial charge in [-0.15, -0.1) is 0 Å².